The first-order valence-electron chi connectivity index (χ1n) is 7.03. The number of nitrogens with zero attached hydrogens (tertiary/aromatic N) is 2. The van der Waals surface area contributed by atoms with Crippen LogP contribution in [0.2, 0.25) is 0 Å². The van der Waals surface area contributed by atoms with Gasteiger partial charge in [0.15, 0.2) is 5.13 Å². The summed E-state index contributed by atoms with van der Waals surface area (Å²) in [7, 11) is 0. The van der Waals surface area contributed by atoms with Gasteiger partial charge in [-0.05, 0) is 49.7 Å². The van der Waals surface area contributed by atoms with Crippen LogP contribution in [0.15, 0.2) is 42.5 Å². The number of benzene rings is 2. The van der Waals surface area contributed by atoms with Gasteiger partial charge in [0.1, 0.15) is 5.82 Å². The number of carbonyl (C=O) groups excluding carboxylic acids is 1. The highest BCUT2D eigenvalue weighted by molar-refractivity contribution is 7.22. The molecule has 0 atom stereocenters. The van der Waals surface area contributed by atoms with Crippen LogP contribution < -0.4 is 4.90 Å². The lowest BCUT2D eigenvalue weighted by molar-refractivity contribution is 0.0988. The summed E-state index contributed by atoms with van der Waals surface area (Å²) < 4.78 is 14.1. The molecule has 0 unspecified atom stereocenters. The molecule has 22 heavy (non-hydrogen) atoms. The second-order valence-electron chi connectivity index (χ2n) is 4.97. The maximum atomic E-state index is 13.0. The fraction of sp³-hybridized carbons (Fsp3) is 0.176. The Balaban J connectivity index is 2.00. The van der Waals surface area contributed by atoms with Gasteiger partial charge in [-0.2, -0.15) is 0 Å². The van der Waals surface area contributed by atoms with E-state index in [1.54, 1.807) is 4.90 Å². The zero-order valence-corrected chi connectivity index (χ0v) is 13.2. The van der Waals surface area contributed by atoms with Gasteiger partial charge in [-0.3, -0.25) is 9.69 Å². The maximum Gasteiger partial charge on any atom is 0.260 e. The third-order valence-corrected chi connectivity index (χ3v) is 4.54. The van der Waals surface area contributed by atoms with Crippen molar-refractivity contribution in [1.82, 2.24) is 4.98 Å². The van der Waals surface area contributed by atoms with Gasteiger partial charge in [-0.25, -0.2) is 9.37 Å². The van der Waals surface area contributed by atoms with E-state index in [9.17, 15) is 9.18 Å². The fourth-order valence-corrected chi connectivity index (χ4v) is 3.41. The standard InChI is InChI=1S/C17H15FN2OS/c1-3-20(16(21)12-7-9-13(18)10-8-12)17-19-15-11(2)5-4-6-14(15)22-17/h4-10H,3H2,1-2H3. The summed E-state index contributed by atoms with van der Waals surface area (Å²) in [6, 6.07) is 11.6. The summed E-state index contributed by atoms with van der Waals surface area (Å²) in [6.07, 6.45) is 0. The molecule has 1 aromatic heterocycles. The maximum absolute atomic E-state index is 13.0. The van der Waals surface area contributed by atoms with Crippen LogP contribution >= 0.6 is 11.3 Å². The predicted octanol–water partition coefficient (Wildman–Crippen LogP) is 4.41. The molecule has 0 saturated carbocycles. The molecule has 5 heteroatoms. The van der Waals surface area contributed by atoms with Crippen molar-refractivity contribution in [2.75, 3.05) is 11.4 Å². The number of hydrogen-bond acceptors (Lipinski definition) is 3. The number of aromatic nitrogens is 1. The van der Waals surface area contributed by atoms with Crippen LogP contribution in [0.3, 0.4) is 0 Å². The van der Waals surface area contributed by atoms with Gasteiger partial charge in [-0.15, -0.1) is 0 Å². The Hall–Kier alpha value is -2.27. The second-order valence-corrected chi connectivity index (χ2v) is 5.98. The molecule has 1 amide bonds. The molecule has 0 radical (unpaired) electrons. The average Bonchev–Trinajstić information content (AvgIpc) is 2.94. The number of halogens is 1. The Morgan fingerprint density at radius 1 is 1.23 bits per heavy atom. The molecule has 0 aliphatic carbocycles. The number of para-hydroxylation sites is 1. The minimum atomic E-state index is -0.352. The van der Waals surface area contributed by atoms with Crippen LogP contribution in [-0.2, 0) is 0 Å². The highest BCUT2D eigenvalue weighted by Crippen LogP contribution is 2.31. The Morgan fingerprint density at radius 2 is 1.95 bits per heavy atom. The van der Waals surface area contributed by atoms with Gasteiger partial charge in [0, 0.05) is 12.1 Å². The van der Waals surface area contributed by atoms with Crippen LogP contribution in [0.5, 0.6) is 0 Å². The Kier molecular flexibility index (Phi) is 3.90. The monoisotopic (exact) mass is 314 g/mol. The molecule has 0 bridgehead atoms. The summed E-state index contributed by atoms with van der Waals surface area (Å²) in [6.45, 7) is 4.42. The first-order valence-corrected chi connectivity index (χ1v) is 7.85. The number of thiazole rings is 1. The third kappa shape index (κ3) is 2.60. The van der Waals surface area contributed by atoms with E-state index in [0.717, 1.165) is 15.8 Å². The van der Waals surface area contributed by atoms with E-state index in [1.807, 2.05) is 32.0 Å². The highest BCUT2D eigenvalue weighted by Gasteiger charge is 2.20. The van der Waals surface area contributed by atoms with Crippen molar-refractivity contribution >= 4 is 32.6 Å². The van der Waals surface area contributed by atoms with Crippen molar-refractivity contribution in [3.8, 4) is 0 Å². The lowest BCUT2D eigenvalue weighted by Crippen LogP contribution is -2.30. The lowest BCUT2D eigenvalue weighted by Gasteiger charge is -2.17. The molecular formula is C17H15FN2OS. The number of amides is 1. The molecule has 0 aliphatic heterocycles. The molecule has 2 aromatic carbocycles. The van der Waals surface area contributed by atoms with Crippen molar-refractivity contribution in [2.45, 2.75) is 13.8 Å². The molecule has 112 valence electrons. The molecular weight excluding hydrogens is 299 g/mol. The zero-order valence-electron chi connectivity index (χ0n) is 12.3. The van der Waals surface area contributed by atoms with E-state index >= 15 is 0 Å². The minimum absolute atomic E-state index is 0.167. The lowest BCUT2D eigenvalue weighted by atomic mass is 10.2. The van der Waals surface area contributed by atoms with Crippen LogP contribution in [0.25, 0.3) is 10.2 Å². The number of carbonyl (C=O) groups is 1. The number of fused-ring (bicyclic) bond motifs is 1. The summed E-state index contributed by atoms with van der Waals surface area (Å²) >= 11 is 1.49. The van der Waals surface area contributed by atoms with Crippen molar-refractivity contribution in [3.05, 3.63) is 59.4 Å². The van der Waals surface area contributed by atoms with E-state index < -0.39 is 0 Å². The highest BCUT2D eigenvalue weighted by atomic mass is 32.1. The Morgan fingerprint density at radius 3 is 2.59 bits per heavy atom. The first kappa shape index (κ1) is 14.7. The summed E-state index contributed by atoms with van der Waals surface area (Å²) in [4.78, 5) is 18.8. The topological polar surface area (TPSA) is 33.2 Å². The second kappa shape index (κ2) is 5.85. The van der Waals surface area contributed by atoms with E-state index in [2.05, 4.69) is 4.98 Å². The van der Waals surface area contributed by atoms with Gasteiger partial charge in [-0.1, -0.05) is 23.5 Å². The van der Waals surface area contributed by atoms with Crippen LogP contribution in [-0.4, -0.2) is 17.4 Å². The molecule has 0 N–H and O–H groups in total. The van der Waals surface area contributed by atoms with Gasteiger partial charge in [0.25, 0.3) is 5.91 Å². The first-order chi connectivity index (χ1) is 10.6. The van der Waals surface area contributed by atoms with Crippen LogP contribution in [0.4, 0.5) is 9.52 Å². The summed E-state index contributed by atoms with van der Waals surface area (Å²) in [5, 5.41) is 0.668. The molecule has 0 aliphatic rings. The van der Waals surface area contributed by atoms with Crippen molar-refractivity contribution < 1.29 is 9.18 Å². The van der Waals surface area contributed by atoms with E-state index in [4.69, 9.17) is 0 Å². The quantitative estimate of drug-likeness (QED) is 0.717. The predicted molar refractivity (Wildman–Crippen MR) is 88.1 cm³/mol. The molecule has 0 spiro atoms. The van der Waals surface area contributed by atoms with E-state index in [1.165, 1.54) is 35.6 Å². The smallest absolute Gasteiger partial charge is 0.260 e. The van der Waals surface area contributed by atoms with Crippen molar-refractivity contribution in [2.24, 2.45) is 0 Å². The number of aryl methyl sites for hydroxylation is 1. The van der Waals surface area contributed by atoms with E-state index in [0.29, 0.717) is 17.2 Å². The average molecular weight is 314 g/mol. The number of hydrogen-bond donors (Lipinski definition) is 0. The fourth-order valence-electron chi connectivity index (χ4n) is 2.30. The molecule has 3 aromatic rings. The summed E-state index contributed by atoms with van der Waals surface area (Å²) in [5.41, 5.74) is 2.47. The molecule has 0 saturated heterocycles. The van der Waals surface area contributed by atoms with Gasteiger partial charge in [0.2, 0.25) is 0 Å². The van der Waals surface area contributed by atoms with Crippen LogP contribution in [0, 0.1) is 12.7 Å². The molecule has 0 fully saturated rings. The number of anilines is 1. The Bertz CT molecular complexity index is 826. The Labute approximate surface area is 132 Å². The van der Waals surface area contributed by atoms with Gasteiger partial charge < -0.3 is 0 Å². The largest absolute Gasteiger partial charge is 0.284 e. The van der Waals surface area contributed by atoms with Gasteiger partial charge in [0.05, 0.1) is 10.2 Å². The number of rotatable bonds is 3. The molecule has 3 rings (SSSR count). The zero-order chi connectivity index (χ0) is 15.7. The normalized spacial score (nSPS) is 10.9. The molecule has 1 heterocycles. The SMILES string of the molecule is CCN(C(=O)c1ccc(F)cc1)c1nc2c(C)cccc2s1. The summed E-state index contributed by atoms with van der Waals surface area (Å²) in [5.74, 6) is -0.519. The van der Waals surface area contributed by atoms with Crippen molar-refractivity contribution in [1.29, 1.82) is 0 Å². The van der Waals surface area contributed by atoms with Crippen LogP contribution in [0.1, 0.15) is 22.8 Å². The van der Waals surface area contributed by atoms with Crippen molar-refractivity contribution in [3.63, 3.8) is 0 Å². The third-order valence-electron chi connectivity index (χ3n) is 3.49. The van der Waals surface area contributed by atoms with Gasteiger partial charge >= 0.3 is 0 Å². The molecule has 3 nitrogen and oxygen atoms in total. The minimum Gasteiger partial charge on any atom is -0.284 e. The van der Waals surface area contributed by atoms with E-state index in [-0.39, 0.29) is 11.7 Å².